The van der Waals surface area contributed by atoms with Crippen LogP contribution in [0.3, 0.4) is 0 Å². The zero-order valence-corrected chi connectivity index (χ0v) is 11.1. The van der Waals surface area contributed by atoms with Crippen LogP contribution in [0.15, 0.2) is 23.0 Å². The van der Waals surface area contributed by atoms with Gasteiger partial charge in [-0.1, -0.05) is 24.2 Å². The molecule has 1 heterocycles. The fourth-order valence-electron chi connectivity index (χ4n) is 0.887. The van der Waals surface area contributed by atoms with Crippen molar-refractivity contribution in [2.75, 3.05) is 6.61 Å². The van der Waals surface area contributed by atoms with Crippen LogP contribution in [0.5, 0.6) is 0 Å². The van der Waals surface area contributed by atoms with Gasteiger partial charge in [0.1, 0.15) is 31.6 Å². The van der Waals surface area contributed by atoms with Gasteiger partial charge in [-0.15, -0.1) is 0 Å². The number of nitrogens with zero attached hydrogens (tertiary/aromatic N) is 5. The molecule has 1 rings (SSSR count). The molecule has 1 aromatic rings. The highest BCUT2D eigenvalue weighted by molar-refractivity contribution is 6.29. The predicted molar refractivity (Wildman–Crippen MR) is 68.4 cm³/mol. The summed E-state index contributed by atoms with van der Waals surface area (Å²) in [5.41, 5.74) is 0. The first kappa shape index (κ1) is 14.1. The maximum atomic E-state index is 5.16. The molecule has 0 radical (unpaired) electrons. The van der Waals surface area contributed by atoms with Crippen molar-refractivity contribution in [3.63, 3.8) is 0 Å². The molecular weight excluding hydrogens is 234 g/mol. The van der Waals surface area contributed by atoms with E-state index in [0.717, 1.165) is 0 Å². The monoisotopic (exact) mass is 253 g/mol. The van der Waals surface area contributed by atoms with E-state index < -0.39 is 0 Å². The molecular formula is C11H19N5O2. The first-order valence-corrected chi connectivity index (χ1v) is 5.83. The Morgan fingerprint density at radius 2 is 2.17 bits per heavy atom. The first-order chi connectivity index (χ1) is 8.59. The van der Waals surface area contributed by atoms with Crippen LogP contribution in [-0.4, -0.2) is 39.5 Å². The Morgan fingerprint density at radius 3 is 2.72 bits per heavy atom. The predicted octanol–water partition coefficient (Wildman–Crippen LogP) is 1.52. The van der Waals surface area contributed by atoms with E-state index in [1.807, 2.05) is 27.7 Å². The molecule has 0 aromatic carbocycles. The molecule has 0 amide bonds. The van der Waals surface area contributed by atoms with E-state index in [-0.39, 0.29) is 6.10 Å². The molecule has 0 N–H and O–H groups in total. The van der Waals surface area contributed by atoms with E-state index in [4.69, 9.17) is 9.68 Å². The smallest absolute Gasteiger partial charge is 0.215 e. The Hall–Kier alpha value is -1.92. The van der Waals surface area contributed by atoms with Gasteiger partial charge in [0.15, 0.2) is 0 Å². The highest BCUT2D eigenvalue weighted by atomic mass is 16.6. The molecule has 0 saturated carbocycles. The lowest BCUT2D eigenvalue weighted by molar-refractivity contribution is 0.0853. The van der Waals surface area contributed by atoms with Crippen molar-refractivity contribution in [3.05, 3.63) is 12.7 Å². The van der Waals surface area contributed by atoms with E-state index in [0.29, 0.717) is 18.4 Å². The van der Waals surface area contributed by atoms with Gasteiger partial charge in [-0.3, -0.25) is 0 Å². The second-order valence-electron chi connectivity index (χ2n) is 4.37. The molecule has 0 aliphatic carbocycles. The Kier molecular flexibility index (Phi) is 5.83. The van der Waals surface area contributed by atoms with Crippen LogP contribution in [0.1, 0.15) is 27.7 Å². The zero-order valence-electron chi connectivity index (χ0n) is 11.1. The number of aromatic nitrogens is 3. The summed E-state index contributed by atoms with van der Waals surface area (Å²) in [6, 6.07) is 0. The molecule has 7 nitrogen and oxygen atoms in total. The van der Waals surface area contributed by atoms with Crippen molar-refractivity contribution < 1.29 is 9.68 Å². The number of oxime groups is 2. The summed E-state index contributed by atoms with van der Waals surface area (Å²) in [5.74, 6) is 0.825. The molecule has 1 aromatic heterocycles. The van der Waals surface area contributed by atoms with Crippen LogP contribution in [0.25, 0.3) is 0 Å². The fraction of sp³-hybridized carbons (Fsp3) is 0.636. The molecule has 0 saturated heterocycles. The van der Waals surface area contributed by atoms with E-state index in [2.05, 4.69) is 20.4 Å². The Morgan fingerprint density at radius 1 is 1.39 bits per heavy atom. The molecule has 0 bridgehead atoms. The standard InChI is InChI=1S/C11H19N5O2/c1-9(2)6-17-14-5-11(15-18-10(3)4)16-8-12-7-13-16/h5,7-10H,6H2,1-4H3. The molecule has 0 aliphatic heterocycles. The second kappa shape index (κ2) is 7.41. The van der Waals surface area contributed by atoms with Crippen LogP contribution in [0, 0.1) is 5.92 Å². The van der Waals surface area contributed by atoms with Crippen molar-refractivity contribution in [2.45, 2.75) is 33.8 Å². The van der Waals surface area contributed by atoms with E-state index in [1.54, 1.807) is 0 Å². The molecule has 100 valence electrons. The van der Waals surface area contributed by atoms with Gasteiger partial charge in [0.2, 0.25) is 5.84 Å². The second-order valence-corrected chi connectivity index (χ2v) is 4.37. The third-order valence-corrected chi connectivity index (χ3v) is 1.66. The normalized spacial score (nSPS) is 12.7. The Bertz CT molecular complexity index is 384. The molecule has 0 atom stereocenters. The average molecular weight is 253 g/mol. The highest BCUT2D eigenvalue weighted by Crippen LogP contribution is 1.94. The first-order valence-electron chi connectivity index (χ1n) is 5.83. The molecule has 7 heteroatoms. The number of rotatable bonds is 6. The maximum absolute atomic E-state index is 5.16. The van der Waals surface area contributed by atoms with Crippen LogP contribution < -0.4 is 0 Å². The van der Waals surface area contributed by atoms with Crippen molar-refractivity contribution in [3.8, 4) is 0 Å². The zero-order chi connectivity index (χ0) is 13.4. The van der Waals surface area contributed by atoms with Gasteiger partial charge >= 0.3 is 0 Å². The van der Waals surface area contributed by atoms with Gasteiger partial charge in [0, 0.05) is 0 Å². The Balaban J connectivity index is 2.64. The topological polar surface area (TPSA) is 73.9 Å². The van der Waals surface area contributed by atoms with Crippen LogP contribution in [0.4, 0.5) is 0 Å². The minimum absolute atomic E-state index is 0.0199. The van der Waals surface area contributed by atoms with Gasteiger partial charge in [-0.05, 0) is 19.8 Å². The highest BCUT2D eigenvalue weighted by Gasteiger charge is 2.02. The van der Waals surface area contributed by atoms with Gasteiger partial charge in [0.05, 0.1) is 0 Å². The summed E-state index contributed by atoms with van der Waals surface area (Å²) in [5, 5.41) is 11.7. The molecule has 0 spiro atoms. The SMILES string of the molecule is CC(C)CON=CC(=NOC(C)C)n1cncn1. The van der Waals surface area contributed by atoms with Gasteiger partial charge in [-0.25, -0.2) is 4.98 Å². The van der Waals surface area contributed by atoms with Crippen molar-refractivity contribution in [1.29, 1.82) is 0 Å². The lowest BCUT2D eigenvalue weighted by Crippen LogP contribution is -2.16. The van der Waals surface area contributed by atoms with E-state index in [1.165, 1.54) is 23.6 Å². The molecule has 0 aliphatic rings. The summed E-state index contributed by atoms with van der Waals surface area (Å²) >= 11 is 0. The largest absolute Gasteiger partial charge is 0.395 e. The van der Waals surface area contributed by atoms with Crippen molar-refractivity contribution in [2.24, 2.45) is 16.2 Å². The summed E-state index contributed by atoms with van der Waals surface area (Å²) < 4.78 is 1.45. The third-order valence-electron chi connectivity index (χ3n) is 1.66. The molecule has 0 unspecified atom stereocenters. The van der Waals surface area contributed by atoms with Crippen LogP contribution >= 0.6 is 0 Å². The van der Waals surface area contributed by atoms with Crippen LogP contribution in [-0.2, 0) is 9.68 Å². The van der Waals surface area contributed by atoms with Gasteiger partial charge < -0.3 is 9.68 Å². The van der Waals surface area contributed by atoms with Crippen molar-refractivity contribution >= 4 is 12.1 Å². The number of hydrogen-bond donors (Lipinski definition) is 0. The lowest BCUT2D eigenvalue weighted by atomic mass is 10.2. The minimum Gasteiger partial charge on any atom is -0.395 e. The fourth-order valence-corrected chi connectivity index (χ4v) is 0.887. The van der Waals surface area contributed by atoms with Crippen LogP contribution in [0.2, 0.25) is 0 Å². The lowest BCUT2D eigenvalue weighted by Gasteiger charge is -2.05. The molecule has 18 heavy (non-hydrogen) atoms. The molecule has 0 fully saturated rings. The quantitative estimate of drug-likeness (QED) is 0.437. The minimum atomic E-state index is -0.0199. The Labute approximate surface area is 106 Å². The summed E-state index contributed by atoms with van der Waals surface area (Å²) in [4.78, 5) is 14.1. The van der Waals surface area contributed by atoms with Gasteiger partial charge in [0.25, 0.3) is 0 Å². The van der Waals surface area contributed by atoms with Crippen molar-refractivity contribution in [1.82, 2.24) is 14.8 Å². The number of hydrogen-bond acceptors (Lipinski definition) is 6. The van der Waals surface area contributed by atoms with E-state index >= 15 is 0 Å². The summed E-state index contributed by atoms with van der Waals surface area (Å²) in [6.07, 6.45) is 4.35. The maximum Gasteiger partial charge on any atom is 0.215 e. The van der Waals surface area contributed by atoms with E-state index in [9.17, 15) is 0 Å². The van der Waals surface area contributed by atoms with Gasteiger partial charge in [-0.2, -0.15) is 9.78 Å². The summed E-state index contributed by atoms with van der Waals surface area (Å²) in [7, 11) is 0. The summed E-state index contributed by atoms with van der Waals surface area (Å²) in [6.45, 7) is 8.41. The third kappa shape index (κ3) is 5.42. The average Bonchev–Trinajstić information content (AvgIpc) is 2.80.